The molecule has 0 aromatic heterocycles. The lowest BCUT2D eigenvalue weighted by Gasteiger charge is -2.21. The molecule has 0 saturated heterocycles. The van der Waals surface area contributed by atoms with Crippen molar-refractivity contribution in [3.8, 4) is 0 Å². The summed E-state index contributed by atoms with van der Waals surface area (Å²) in [4.78, 5) is 22.9. The van der Waals surface area contributed by atoms with Crippen molar-refractivity contribution in [3.63, 3.8) is 0 Å². The van der Waals surface area contributed by atoms with E-state index in [0.29, 0.717) is 6.54 Å². The highest BCUT2D eigenvalue weighted by Gasteiger charge is 2.24. The molecule has 2 N–H and O–H groups in total. The van der Waals surface area contributed by atoms with Crippen molar-refractivity contribution >= 4 is 11.9 Å². The fraction of sp³-hybridized carbons (Fsp3) is 0.500. The largest absolute Gasteiger partial charge is 0.481 e. The first-order valence-corrected chi connectivity index (χ1v) is 6.96. The van der Waals surface area contributed by atoms with Crippen molar-refractivity contribution in [2.45, 2.75) is 33.1 Å². The van der Waals surface area contributed by atoms with Crippen LogP contribution in [0.4, 0.5) is 0 Å². The Labute approximate surface area is 120 Å². The summed E-state index contributed by atoms with van der Waals surface area (Å²) in [5.74, 6) is -0.959. The van der Waals surface area contributed by atoms with Crippen LogP contribution in [0.1, 0.15) is 38.7 Å². The lowest BCUT2D eigenvalue weighted by atomic mass is 9.87. The van der Waals surface area contributed by atoms with E-state index in [1.807, 2.05) is 51.1 Å². The molecule has 2 atom stereocenters. The maximum absolute atomic E-state index is 12.3. The van der Waals surface area contributed by atoms with Gasteiger partial charge in [-0.1, -0.05) is 51.1 Å². The standard InChI is InChI=1S/C16H23NO3/c1-11(2)15(13-7-5-4-6-8-13)16(20)17-10-12(3)9-14(18)19/h4-8,11-12,15H,9-10H2,1-3H3,(H,17,20)(H,18,19). The molecule has 0 radical (unpaired) electrons. The topological polar surface area (TPSA) is 66.4 Å². The van der Waals surface area contributed by atoms with Crippen LogP contribution in [0, 0.1) is 11.8 Å². The van der Waals surface area contributed by atoms with Crippen LogP contribution in [0.15, 0.2) is 30.3 Å². The molecule has 0 heterocycles. The van der Waals surface area contributed by atoms with Gasteiger partial charge < -0.3 is 10.4 Å². The van der Waals surface area contributed by atoms with Crippen LogP contribution in [-0.4, -0.2) is 23.5 Å². The van der Waals surface area contributed by atoms with Gasteiger partial charge in [0.15, 0.2) is 0 Å². The summed E-state index contributed by atoms with van der Waals surface area (Å²) in [5, 5.41) is 11.6. The van der Waals surface area contributed by atoms with Gasteiger partial charge in [0, 0.05) is 13.0 Å². The van der Waals surface area contributed by atoms with Gasteiger partial charge in [-0.3, -0.25) is 9.59 Å². The SMILES string of the molecule is CC(CNC(=O)C(c1ccccc1)C(C)C)CC(=O)O. The maximum Gasteiger partial charge on any atom is 0.303 e. The summed E-state index contributed by atoms with van der Waals surface area (Å²) >= 11 is 0. The number of hydrogen-bond acceptors (Lipinski definition) is 2. The molecule has 1 aromatic rings. The summed E-state index contributed by atoms with van der Waals surface area (Å²) in [6.45, 7) is 6.23. The summed E-state index contributed by atoms with van der Waals surface area (Å²) in [6, 6.07) is 9.67. The van der Waals surface area contributed by atoms with E-state index in [1.54, 1.807) is 0 Å². The molecule has 0 saturated carbocycles. The number of aliphatic carboxylic acids is 1. The van der Waals surface area contributed by atoms with Crippen molar-refractivity contribution in [2.75, 3.05) is 6.54 Å². The predicted octanol–water partition coefficient (Wildman–Crippen LogP) is 2.65. The zero-order valence-electron chi connectivity index (χ0n) is 12.3. The Kier molecular flexibility index (Phi) is 6.22. The van der Waals surface area contributed by atoms with E-state index in [9.17, 15) is 9.59 Å². The molecule has 0 aliphatic carbocycles. The first-order valence-electron chi connectivity index (χ1n) is 6.96. The smallest absolute Gasteiger partial charge is 0.303 e. The zero-order valence-corrected chi connectivity index (χ0v) is 12.3. The molecular formula is C16H23NO3. The quantitative estimate of drug-likeness (QED) is 0.805. The molecule has 0 aliphatic heterocycles. The van der Waals surface area contributed by atoms with Gasteiger partial charge in [0.2, 0.25) is 5.91 Å². The molecule has 4 heteroatoms. The summed E-state index contributed by atoms with van der Waals surface area (Å²) < 4.78 is 0. The second kappa shape index (κ2) is 7.68. The number of carboxylic acid groups (broad SMARTS) is 1. The number of rotatable bonds is 7. The average Bonchev–Trinajstić information content (AvgIpc) is 2.36. The lowest BCUT2D eigenvalue weighted by Crippen LogP contribution is -2.35. The number of carboxylic acids is 1. The number of amides is 1. The molecule has 1 rings (SSSR count). The fourth-order valence-electron chi connectivity index (χ4n) is 2.25. The Hall–Kier alpha value is -1.84. The van der Waals surface area contributed by atoms with E-state index in [-0.39, 0.29) is 30.1 Å². The van der Waals surface area contributed by atoms with E-state index in [4.69, 9.17) is 5.11 Å². The van der Waals surface area contributed by atoms with Gasteiger partial charge in [0.25, 0.3) is 0 Å². The number of carbonyl (C=O) groups excluding carboxylic acids is 1. The second-order valence-corrected chi connectivity index (χ2v) is 5.58. The van der Waals surface area contributed by atoms with Crippen LogP contribution in [0.5, 0.6) is 0 Å². The monoisotopic (exact) mass is 277 g/mol. The van der Waals surface area contributed by atoms with E-state index in [1.165, 1.54) is 0 Å². The third-order valence-electron chi connectivity index (χ3n) is 3.26. The van der Waals surface area contributed by atoms with Crippen LogP contribution >= 0.6 is 0 Å². The minimum Gasteiger partial charge on any atom is -0.481 e. The lowest BCUT2D eigenvalue weighted by molar-refractivity contribution is -0.138. The van der Waals surface area contributed by atoms with E-state index in [0.717, 1.165) is 5.56 Å². The molecule has 4 nitrogen and oxygen atoms in total. The third kappa shape index (κ3) is 5.03. The van der Waals surface area contributed by atoms with E-state index >= 15 is 0 Å². The van der Waals surface area contributed by atoms with Crippen LogP contribution in [0.3, 0.4) is 0 Å². The van der Waals surface area contributed by atoms with Gasteiger partial charge >= 0.3 is 5.97 Å². The zero-order chi connectivity index (χ0) is 15.1. The Balaban J connectivity index is 2.65. The van der Waals surface area contributed by atoms with Crippen LogP contribution < -0.4 is 5.32 Å². The summed E-state index contributed by atoms with van der Waals surface area (Å²) in [5.41, 5.74) is 0.992. The van der Waals surface area contributed by atoms with Gasteiger partial charge in [-0.05, 0) is 17.4 Å². The Morgan fingerprint density at radius 1 is 1.15 bits per heavy atom. The molecular weight excluding hydrogens is 254 g/mol. The minimum absolute atomic E-state index is 0.0385. The van der Waals surface area contributed by atoms with Crippen molar-refractivity contribution < 1.29 is 14.7 Å². The van der Waals surface area contributed by atoms with Gasteiger partial charge in [-0.25, -0.2) is 0 Å². The number of benzene rings is 1. The molecule has 1 amide bonds. The third-order valence-corrected chi connectivity index (χ3v) is 3.26. The molecule has 110 valence electrons. The fourth-order valence-corrected chi connectivity index (χ4v) is 2.25. The van der Waals surface area contributed by atoms with Crippen LogP contribution in [0.2, 0.25) is 0 Å². The van der Waals surface area contributed by atoms with Gasteiger partial charge in [-0.2, -0.15) is 0 Å². The molecule has 20 heavy (non-hydrogen) atoms. The van der Waals surface area contributed by atoms with Crippen LogP contribution in [-0.2, 0) is 9.59 Å². The van der Waals surface area contributed by atoms with Crippen molar-refractivity contribution in [1.82, 2.24) is 5.32 Å². The van der Waals surface area contributed by atoms with Gasteiger partial charge in [-0.15, -0.1) is 0 Å². The van der Waals surface area contributed by atoms with Crippen LogP contribution in [0.25, 0.3) is 0 Å². The second-order valence-electron chi connectivity index (χ2n) is 5.58. The normalized spacial score (nSPS) is 13.8. The Morgan fingerprint density at radius 2 is 1.75 bits per heavy atom. The predicted molar refractivity (Wildman–Crippen MR) is 78.4 cm³/mol. The number of nitrogens with one attached hydrogen (secondary N) is 1. The molecule has 2 unspecified atom stereocenters. The summed E-state index contributed by atoms with van der Waals surface area (Å²) in [6.07, 6.45) is 0.0674. The summed E-state index contributed by atoms with van der Waals surface area (Å²) in [7, 11) is 0. The number of carbonyl (C=O) groups is 2. The van der Waals surface area contributed by atoms with Gasteiger partial charge in [0.05, 0.1) is 5.92 Å². The van der Waals surface area contributed by atoms with E-state index in [2.05, 4.69) is 5.32 Å². The average molecular weight is 277 g/mol. The Bertz CT molecular complexity index is 442. The number of hydrogen-bond donors (Lipinski definition) is 2. The minimum atomic E-state index is -0.838. The molecule has 0 fully saturated rings. The van der Waals surface area contributed by atoms with E-state index < -0.39 is 5.97 Å². The first kappa shape index (κ1) is 16.2. The maximum atomic E-state index is 12.3. The Morgan fingerprint density at radius 3 is 2.25 bits per heavy atom. The molecule has 0 spiro atoms. The van der Waals surface area contributed by atoms with Gasteiger partial charge in [0.1, 0.15) is 0 Å². The highest BCUT2D eigenvalue weighted by molar-refractivity contribution is 5.84. The van der Waals surface area contributed by atoms with Crippen molar-refractivity contribution in [3.05, 3.63) is 35.9 Å². The molecule has 0 aliphatic rings. The van der Waals surface area contributed by atoms with Crippen molar-refractivity contribution in [2.24, 2.45) is 11.8 Å². The highest BCUT2D eigenvalue weighted by atomic mass is 16.4. The first-order chi connectivity index (χ1) is 9.41. The van der Waals surface area contributed by atoms with Crippen molar-refractivity contribution in [1.29, 1.82) is 0 Å². The molecule has 0 bridgehead atoms. The highest BCUT2D eigenvalue weighted by Crippen LogP contribution is 2.24. The molecule has 1 aromatic carbocycles.